The van der Waals surface area contributed by atoms with E-state index in [-0.39, 0.29) is 6.42 Å². The first-order valence-corrected chi connectivity index (χ1v) is 6.10. The van der Waals surface area contributed by atoms with E-state index >= 15 is 0 Å². The Bertz CT molecular complexity index is 368. The highest BCUT2D eigenvalue weighted by molar-refractivity contribution is 5.82. The van der Waals surface area contributed by atoms with Crippen LogP contribution in [0.3, 0.4) is 0 Å². The van der Waals surface area contributed by atoms with Crippen molar-refractivity contribution in [1.29, 1.82) is 0 Å². The first-order valence-electron chi connectivity index (χ1n) is 6.10. The molecular weight excluding hydrogens is 246 g/mol. The van der Waals surface area contributed by atoms with Gasteiger partial charge in [0.25, 0.3) is 0 Å². The summed E-state index contributed by atoms with van der Waals surface area (Å²) in [5, 5.41) is 2.42. The Morgan fingerprint density at radius 2 is 1.58 bits per heavy atom. The fraction of sp³-hybridized carbons (Fsp3) is 0.714. The van der Waals surface area contributed by atoms with Crippen LogP contribution in [0.25, 0.3) is 0 Å². The van der Waals surface area contributed by atoms with Gasteiger partial charge >= 0.3 is 12.1 Å². The fourth-order valence-electron chi connectivity index (χ4n) is 1.13. The number of carbonyl (C=O) groups excluding carboxylic acids is 2. The summed E-state index contributed by atoms with van der Waals surface area (Å²) >= 11 is 0. The largest absolute Gasteiger partial charge is 0.458 e. The van der Waals surface area contributed by atoms with E-state index in [1.807, 2.05) is 0 Å². The highest BCUT2D eigenvalue weighted by Gasteiger charge is 2.27. The molecule has 0 fully saturated rings. The summed E-state index contributed by atoms with van der Waals surface area (Å²) in [7, 11) is 0. The third-order valence-electron chi connectivity index (χ3n) is 1.70. The minimum absolute atomic E-state index is 0.0498. The van der Waals surface area contributed by atoms with Crippen LogP contribution < -0.4 is 5.32 Å². The second-order valence-corrected chi connectivity index (χ2v) is 6.14. The summed E-state index contributed by atoms with van der Waals surface area (Å²) in [6.07, 6.45) is 4.54. The molecule has 0 heterocycles. The number of hydrogen-bond donors (Lipinski definition) is 1. The lowest BCUT2D eigenvalue weighted by Gasteiger charge is -2.25. The Morgan fingerprint density at radius 3 is 1.95 bits per heavy atom. The van der Waals surface area contributed by atoms with Crippen molar-refractivity contribution in [2.24, 2.45) is 0 Å². The molecule has 108 valence electrons. The maximum absolute atomic E-state index is 11.9. The summed E-state index contributed by atoms with van der Waals surface area (Å²) in [4.78, 5) is 23.5. The van der Waals surface area contributed by atoms with E-state index in [1.165, 1.54) is 0 Å². The van der Waals surface area contributed by atoms with Crippen LogP contribution in [0, 0.1) is 12.3 Å². The van der Waals surface area contributed by atoms with Crippen LogP contribution in [-0.2, 0) is 14.3 Å². The summed E-state index contributed by atoms with van der Waals surface area (Å²) < 4.78 is 10.2. The van der Waals surface area contributed by atoms with Crippen LogP contribution >= 0.6 is 0 Å². The quantitative estimate of drug-likeness (QED) is 0.630. The van der Waals surface area contributed by atoms with Gasteiger partial charge in [-0.25, -0.2) is 9.59 Å². The molecule has 0 aromatic carbocycles. The number of carbonyl (C=O) groups is 2. The number of alkyl carbamates (subject to hydrolysis) is 1. The van der Waals surface area contributed by atoms with Gasteiger partial charge in [-0.3, -0.25) is 0 Å². The van der Waals surface area contributed by atoms with Gasteiger partial charge in [-0.05, 0) is 41.5 Å². The van der Waals surface area contributed by atoms with Crippen molar-refractivity contribution in [3.63, 3.8) is 0 Å². The Balaban J connectivity index is 4.63. The number of esters is 1. The second kappa shape index (κ2) is 6.46. The molecule has 5 heteroatoms. The summed E-state index contributed by atoms with van der Waals surface area (Å²) in [6, 6.07) is -0.904. The molecule has 0 radical (unpaired) electrons. The Morgan fingerprint density at radius 1 is 1.11 bits per heavy atom. The van der Waals surface area contributed by atoms with E-state index in [4.69, 9.17) is 15.9 Å². The SMILES string of the molecule is C#CC[C@H](NC(=O)OC(C)(C)C)C(=O)OC(C)(C)C. The van der Waals surface area contributed by atoms with Crippen LogP contribution in [0.2, 0.25) is 0 Å². The third kappa shape index (κ3) is 8.95. The molecule has 0 aliphatic heterocycles. The average Bonchev–Trinajstić information content (AvgIpc) is 2.10. The average molecular weight is 269 g/mol. The molecule has 0 aromatic heterocycles. The number of rotatable bonds is 3. The molecule has 1 N–H and O–H groups in total. The molecule has 0 bridgehead atoms. The first kappa shape index (κ1) is 17.3. The summed E-state index contributed by atoms with van der Waals surface area (Å²) in [5.74, 6) is 1.76. The fourth-order valence-corrected chi connectivity index (χ4v) is 1.13. The number of nitrogens with one attached hydrogen (secondary N) is 1. The van der Waals surface area contributed by atoms with E-state index < -0.39 is 29.3 Å². The van der Waals surface area contributed by atoms with Crippen molar-refractivity contribution in [3.8, 4) is 12.3 Å². The Kier molecular flexibility index (Phi) is 5.88. The monoisotopic (exact) mass is 269 g/mol. The van der Waals surface area contributed by atoms with Crippen molar-refractivity contribution in [3.05, 3.63) is 0 Å². The lowest BCUT2D eigenvalue weighted by atomic mass is 10.1. The highest BCUT2D eigenvalue weighted by Crippen LogP contribution is 2.11. The molecule has 0 rings (SSSR count). The van der Waals surface area contributed by atoms with Crippen molar-refractivity contribution in [1.82, 2.24) is 5.32 Å². The molecule has 19 heavy (non-hydrogen) atoms. The lowest BCUT2D eigenvalue weighted by Crippen LogP contribution is -2.45. The van der Waals surface area contributed by atoms with Gasteiger partial charge in [0, 0.05) is 6.42 Å². The zero-order valence-electron chi connectivity index (χ0n) is 12.5. The van der Waals surface area contributed by atoms with Gasteiger partial charge in [0.2, 0.25) is 0 Å². The first-order chi connectivity index (χ1) is 8.44. The number of ether oxygens (including phenoxy) is 2. The number of hydrogen-bond acceptors (Lipinski definition) is 4. The van der Waals surface area contributed by atoms with E-state index in [0.717, 1.165) is 0 Å². The Labute approximate surface area is 115 Å². The second-order valence-electron chi connectivity index (χ2n) is 6.14. The van der Waals surface area contributed by atoms with Gasteiger partial charge in [0.05, 0.1) is 0 Å². The van der Waals surface area contributed by atoms with Crippen molar-refractivity contribution in [2.75, 3.05) is 0 Å². The standard InChI is InChI=1S/C14H23NO4/c1-8-9-10(11(16)18-13(2,3)4)15-12(17)19-14(5,6)7/h1,10H,9H2,2-7H3,(H,15,17)/t10-/m0/s1. The predicted octanol–water partition coefficient (Wildman–Crippen LogP) is 2.24. The van der Waals surface area contributed by atoms with Crippen LogP contribution in [0.1, 0.15) is 48.0 Å². The molecule has 0 saturated carbocycles. The molecule has 1 atom stereocenters. The molecule has 0 spiro atoms. The molecular formula is C14H23NO4. The topological polar surface area (TPSA) is 64.6 Å². The van der Waals surface area contributed by atoms with Crippen LogP contribution in [0.4, 0.5) is 4.79 Å². The Hall–Kier alpha value is -1.70. The predicted molar refractivity (Wildman–Crippen MR) is 72.5 cm³/mol. The molecule has 0 saturated heterocycles. The van der Waals surface area contributed by atoms with Gasteiger partial charge in [0.15, 0.2) is 0 Å². The van der Waals surface area contributed by atoms with Crippen LogP contribution in [-0.4, -0.2) is 29.3 Å². The van der Waals surface area contributed by atoms with Gasteiger partial charge in [-0.2, -0.15) is 0 Å². The van der Waals surface area contributed by atoms with Gasteiger partial charge in [-0.1, -0.05) is 0 Å². The zero-order chi connectivity index (χ0) is 15.3. The normalized spacial score (nSPS) is 13.1. The van der Waals surface area contributed by atoms with Crippen molar-refractivity contribution in [2.45, 2.75) is 65.2 Å². The lowest BCUT2D eigenvalue weighted by molar-refractivity contribution is -0.157. The minimum atomic E-state index is -0.904. The zero-order valence-corrected chi connectivity index (χ0v) is 12.5. The molecule has 5 nitrogen and oxygen atoms in total. The molecule has 0 aliphatic rings. The minimum Gasteiger partial charge on any atom is -0.458 e. The maximum Gasteiger partial charge on any atom is 0.408 e. The van der Waals surface area contributed by atoms with Crippen LogP contribution in [0.5, 0.6) is 0 Å². The molecule has 0 aromatic rings. The van der Waals surface area contributed by atoms with Gasteiger partial charge in [0.1, 0.15) is 17.2 Å². The summed E-state index contributed by atoms with van der Waals surface area (Å²) in [6.45, 7) is 10.4. The molecule has 0 unspecified atom stereocenters. The highest BCUT2D eigenvalue weighted by atomic mass is 16.6. The number of amides is 1. The van der Waals surface area contributed by atoms with E-state index in [2.05, 4.69) is 11.2 Å². The maximum atomic E-state index is 11.9. The van der Waals surface area contributed by atoms with Crippen LogP contribution in [0.15, 0.2) is 0 Å². The molecule has 0 aliphatic carbocycles. The van der Waals surface area contributed by atoms with Crippen molar-refractivity contribution >= 4 is 12.1 Å². The van der Waals surface area contributed by atoms with Crippen molar-refractivity contribution < 1.29 is 19.1 Å². The molecule has 1 amide bonds. The van der Waals surface area contributed by atoms with E-state index in [9.17, 15) is 9.59 Å². The third-order valence-corrected chi connectivity index (χ3v) is 1.70. The van der Waals surface area contributed by atoms with E-state index in [0.29, 0.717) is 0 Å². The summed E-state index contributed by atoms with van der Waals surface area (Å²) in [5.41, 5.74) is -1.28. The van der Waals surface area contributed by atoms with E-state index in [1.54, 1.807) is 41.5 Å². The number of terminal acetylenes is 1. The smallest absolute Gasteiger partial charge is 0.408 e. The van der Waals surface area contributed by atoms with Gasteiger partial charge in [-0.15, -0.1) is 12.3 Å². The van der Waals surface area contributed by atoms with Gasteiger partial charge < -0.3 is 14.8 Å².